The summed E-state index contributed by atoms with van der Waals surface area (Å²) in [5.74, 6) is 0.876. The van der Waals surface area contributed by atoms with E-state index in [0.717, 1.165) is 31.8 Å². The molecule has 2 N–H and O–H groups in total. The number of piperidine rings is 1. The summed E-state index contributed by atoms with van der Waals surface area (Å²) in [6.07, 6.45) is 4.68. The van der Waals surface area contributed by atoms with Crippen molar-refractivity contribution in [3.63, 3.8) is 0 Å². The predicted molar refractivity (Wildman–Crippen MR) is 73.2 cm³/mol. The highest BCUT2D eigenvalue weighted by Crippen LogP contribution is 2.22. The smallest absolute Gasteiger partial charge is 0.0446 e. The van der Waals surface area contributed by atoms with E-state index in [-0.39, 0.29) is 0 Å². The summed E-state index contributed by atoms with van der Waals surface area (Å²) in [6.45, 7) is 10.5. The van der Waals surface area contributed by atoms with Crippen molar-refractivity contribution in [3.8, 4) is 0 Å². The Morgan fingerprint density at radius 2 is 2.18 bits per heavy atom. The van der Waals surface area contributed by atoms with Crippen molar-refractivity contribution in [2.24, 2.45) is 5.92 Å². The molecule has 0 aromatic carbocycles. The van der Waals surface area contributed by atoms with Crippen LogP contribution in [0.5, 0.6) is 0 Å². The van der Waals surface area contributed by atoms with Gasteiger partial charge in [-0.2, -0.15) is 0 Å². The fourth-order valence-corrected chi connectivity index (χ4v) is 2.77. The van der Waals surface area contributed by atoms with Crippen molar-refractivity contribution in [1.29, 1.82) is 0 Å². The minimum Gasteiger partial charge on any atom is -0.396 e. The third kappa shape index (κ3) is 5.36. The monoisotopic (exact) mass is 242 g/mol. The molecule has 1 saturated heterocycles. The molecule has 0 aromatic heterocycles. The summed E-state index contributed by atoms with van der Waals surface area (Å²) in [4.78, 5) is 2.59. The molecule has 17 heavy (non-hydrogen) atoms. The van der Waals surface area contributed by atoms with Gasteiger partial charge in [-0.25, -0.2) is 0 Å². The van der Waals surface area contributed by atoms with E-state index in [1.165, 1.54) is 19.4 Å². The molecule has 1 rings (SSSR count). The molecule has 0 aliphatic carbocycles. The van der Waals surface area contributed by atoms with Crippen LogP contribution < -0.4 is 5.32 Å². The van der Waals surface area contributed by atoms with Crippen molar-refractivity contribution in [2.45, 2.75) is 58.5 Å². The lowest BCUT2D eigenvalue weighted by molar-refractivity contribution is 0.110. The zero-order valence-electron chi connectivity index (χ0n) is 11.8. The lowest BCUT2D eigenvalue weighted by atomic mass is 9.93. The predicted octanol–water partition coefficient (Wildman–Crippen LogP) is 1.86. The van der Waals surface area contributed by atoms with Crippen molar-refractivity contribution in [1.82, 2.24) is 10.2 Å². The molecule has 0 radical (unpaired) electrons. The summed E-state index contributed by atoms with van der Waals surface area (Å²) in [5, 5.41) is 12.7. The Labute approximate surface area is 107 Å². The van der Waals surface area contributed by atoms with Crippen LogP contribution in [0.2, 0.25) is 0 Å². The minimum atomic E-state index is 0.292. The van der Waals surface area contributed by atoms with Gasteiger partial charge < -0.3 is 10.4 Å². The molecule has 0 amide bonds. The van der Waals surface area contributed by atoms with Gasteiger partial charge in [-0.15, -0.1) is 0 Å². The molecule has 0 saturated carbocycles. The first-order valence-corrected chi connectivity index (χ1v) is 7.25. The zero-order chi connectivity index (χ0) is 12.7. The van der Waals surface area contributed by atoms with E-state index in [4.69, 9.17) is 5.11 Å². The van der Waals surface area contributed by atoms with Crippen molar-refractivity contribution in [2.75, 3.05) is 26.2 Å². The van der Waals surface area contributed by atoms with E-state index in [0.29, 0.717) is 18.7 Å². The molecule has 1 aliphatic heterocycles. The van der Waals surface area contributed by atoms with Gasteiger partial charge in [0.15, 0.2) is 0 Å². The number of rotatable bonds is 7. The van der Waals surface area contributed by atoms with Crippen LogP contribution in [0.4, 0.5) is 0 Å². The van der Waals surface area contributed by atoms with Crippen molar-refractivity contribution < 1.29 is 5.11 Å². The maximum Gasteiger partial charge on any atom is 0.0446 e. The topological polar surface area (TPSA) is 35.5 Å². The lowest BCUT2D eigenvalue weighted by Crippen LogP contribution is -2.48. The average molecular weight is 242 g/mol. The highest BCUT2D eigenvalue weighted by atomic mass is 16.3. The van der Waals surface area contributed by atoms with Crippen LogP contribution in [0, 0.1) is 5.92 Å². The number of nitrogens with zero attached hydrogens (tertiary/aromatic N) is 1. The summed E-state index contributed by atoms with van der Waals surface area (Å²) in [7, 11) is 0. The zero-order valence-corrected chi connectivity index (χ0v) is 11.8. The second-order valence-electron chi connectivity index (χ2n) is 5.64. The van der Waals surface area contributed by atoms with E-state index in [1.54, 1.807) is 0 Å². The Balaban J connectivity index is 2.37. The van der Waals surface area contributed by atoms with Gasteiger partial charge in [0.1, 0.15) is 0 Å². The Morgan fingerprint density at radius 3 is 2.76 bits per heavy atom. The average Bonchev–Trinajstić information content (AvgIpc) is 2.29. The third-order valence-electron chi connectivity index (χ3n) is 3.89. The Hall–Kier alpha value is -0.120. The molecule has 1 heterocycles. The van der Waals surface area contributed by atoms with Crippen LogP contribution in [0.15, 0.2) is 0 Å². The first-order valence-electron chi connectivity index (χ1n) is 7.25. The molecular formula is C14H30N2O. The minimum absolute atomic E-state index is 0.292. The van der Waals surface area contributed by atoms with Crippen LogP contribution in [0.1, 0.15) is 46.5 Å². The molecule has 3 unspecified atom stereocenters. The molecule has 0 aromatic rings. The summed E-state index contributed by atoms with van der Waals surface area (Å²) >= 11 is 0. The quantitative estimate of drug-likeness (QED) is 0.715. The Bertz CT molecular complexity index is 199. The molecular weight excluding hydrogens is 212 g/mol. The fourth-order valence-electron chi connectivity index (χ4n) is 2.77. The summed E-state index contributed by atoms with van der Waals surface area (Å²) in [6, 6.07) is 1.15. The number of hydrogen-bond donors (Lipinski definition) is 2. The van der Waals surface area contributed by atoms with Gasteiger partial charge in [0.2, 0.25) is 0 Å². The first-order chi connectivity index (χ1) is 8.17. The van der Waals surface area contributed by atoms with Gasteiger partial charge >= 0.3 is 0 Å². The maximum absolute atomic E-state index is 9.11. The summed E-state index contributed by atoms with van der Waals surface area (Å²) < 4.78 is 0. The molecule has 3 atom stereocenters. The van der Waals surface area contributed by atoms with Gasteiger partial charge in [0.25, 0.3) is 0 Å². The number of nitrogens with one attached hydrogen (secondary N) is 1. The van der Waals surface area contributed by atoms with E-state index in [1.807, 2.05) is 0 Å². The fraction of sp³-hybridized carbons (Fsp3) is 1.00. The van der Waals surface area contributed by atoms with E-state index in [9.17, 15) is 0 Å². The van der Waals surface area contributed by atoms with Crippen LogP contribution in [0.25, 0.3) is 0 Å². The number of likely N-dealkylation sites (tertiary alicyclic amines) is 1. The molecule has 0 spiro atoms. The maximum atomic E-state index is 9.11. The van der Waals surface area contributed by atoms with Gasteiger partial charge in [-0.3, -0.25) is 4.90 Å². The van der Waals surface area contributed by atoms with E-state index in [2.05, 4.69) is 31.0 Å². The molecule has 1 aliphatic rings. The molecule has 3 nitrogen and oxygen atoms in total. The van der Waals surface area contributed by atoms with Gasteiger partial charge in [-0.1, -0.05) is 13.8 Å². The van der Waals surface area contributed by atoms with Crippen LogP contribution >= 0.6 is 0 Å². The van der Waals surface area contributed by atoms with Gasteiger partial charge in [0, 0.05) is 25.2 Å². The van der Waals surface area contributed by atoms with Gasteiger partial charge in [0.05, 0.1) is 0 Å². The molecule has 1 fully saturated rings. The van der Waals surface area contributed by atoms with Crippen LogP contribution in [-0.2, 0) is 0 Å². The number of hydrogen-bond acceptors (Lipinski definition) is 3. The second-order valence-corrected chi connectivity index (χ2v) is 5.64. The van der Waals surface area contributed by atoms with Crippen LogP contribution in [0.3, 0.4) is 0 Å². The molecule has 102 valence electrons. The van der Waals surface area contributed by atoms with E-state index >= 15 is 0 Å². The second kappa shape index (κ2) is 8.06. The number of aliphatic hydroxyl groups is 1. The third-order valence-corrected chi connectivity index (χ3v) is 3.89. The Kier molecular flexibility index (Phi) is 7.09. The normalized spacial score (nSPS) is 28.2. The SMILES string of the molecule is CCCNC(CCO)CN1CCC(C)CC1C. The van der Waals surface area contributed by atoms with Crippen molar-refractivity contribution >= 4 is 0 Å². The number of aliphatic hydroxyl groups excluding tert-OH is 1. The largest absolute Gasteiger partial charge is 0.396 e. The molecule has 3 heteroatoms. The Morgan fingerprint density at radius 1 is 1.41 bits per heavy atom. The van der Waals surface area contributed by atoms with Gasteiger partial charge in [-0.05, 0) is 51.6 Å². The van der Waals surface area contributed by atoms with Crippen LogP contribution in [-0.4, -0.2) is 48.3 Å². The highest BCUT2D eigenvalue weighted by molar-refractivity contribution is 4.81. The molecule has 0 bridgehead atoms. The summed E-state index contributed by atoms with van der Waals surface area (Å²) in [5.41, 5.74) is 0. The van der Waals surface area contributed by atoms with Crippen molar-refractivity contribution in [3.05, 3.63) is 0 Å². The van der Waals surface area contributed by atoms with E-state index < -0.39 is 0 Å². The lowest BCUT2D eigenvalue weighted by Gasteiger charge is -2.38. The first kappa shape index (κ1) is 14.9. The highest BCUT2D eigenvalue weighted by Gasteiger charge is 2.24. The standard InChI is InChI=1S/C14H30N2O/c1-4-7-15-14(6-9-17)11-16-8-5-12(2)10-13(16)3/h12-15,17H,4-11H2,1-3H3.